The minimum atomic E-state index is -0.297. The fraction of sp³-hybridized carbons (Fsp3) is 0.250. The quantitative estimate of drug-likeness (QED) is 0.705. The number of halogens is 2. The van der Waals surface area contributed by atoms with Crippen LogP contribution in [0.1, 0.15) is 18.5 Å². The molecule has 0 spiro atoms. The standard InChI is InChI=1S/C20H18Cl2N4O2/c21-13-8-14(22)10-15(9-13)24-20(28)17-4-3-6-25(17)12-16-11-19(27)26-7-2-1-5-18(26)23-16/h1-2,5,7-11,17H,3-4,6,12H2,(H,24,28)/t17-/m0/s1. The number of amides is 1. The van der Waals surface area contributed by atoms with Gasteiger partial charge in [0.05, 0.1) is 11.7 Å². The lowest BCUT2D eigenvalue weighted by atomic mass is 10.2. The highest BCUT2D eigenvalue weighted by molar-refractivity contribution is 6.35. The molecule has 8 heteroatoms. The highest BCUT2D eigenvalue weighted by atomic mass is 35.5. The predicted octanol–water partition coefficient (Wildman–Crippen LogP) is 3.60. The third kappa shape index (κ3) is 4.04. The van der Waals surface area contributed by atoms with E-state index in [9.17, 15) is 9.59 Å². The third-order valence-corrected chi connectivity index (χ3v) is 5.22. The topological polar surface area (TPSA) is 66.7 Å². The number of hydrogen-bond donors (Lipinski definition) is 1. The van der Waals surface area contributed by atoms with Crippen molar-refractivity contribution >= 4 is 40.4 Å². The number of rotatable bonds is 4. The van der Waals surface area contributed by atoms with Crippen LogP contribution in [0.15, 0.2) is 53.5 Å². The highest BCUT2D eigenvalue weighted by Gasteiger charge is 2.31. The van der Waals surface area contributed by atoms with E-state index in [4.69, 9.17) is 23.2 Å². The lowest BCUT2D eigenvalue weighted by Gasteiger charge is -2.23. The molecule has 144 valence electrons. The summed E-state index contributed by atoms with van der Waals surface area (Å²) in [5.41, 5.74) is 1.69. The molecule has 0 radical (unpaired) electrons. The molecular weight excluding hydrogens is 399 g/mol. The maximum atomic E-state index is 12.8. The van der Waals surface area contributed by atoms with Crippen molar-refractivity contribution in [2.24, 2.45) is 0 Å². The van der Waals surface area contributed by atoms with Crippen LogP contribution in [-0.2, 0) is 11.3 Å². The number of hydrogen-bond acceptors (Lipinski definition) is 4. The fourth-order valence-electron chi connectivity index (χ4n) is 3.56. The maximum absolute atomic E-state index is 12.8. The third-order valence-electron chi connectivity index (χ3n) is 4.79. The van der Waals surface area contributed by atoms with Crippen LogP contribution < -0.4 is 10.9 Å². The Morgan fingerprint density at radius 3 is 2.75 bits per heavy atom. The number of nitrogens with zero attached hydrogens (tertiary/aromatic N) is 3. The summed E-state index contributed by atoms with van der Waals surface area (Å²) in [5, 5.41) is 3.82. The highest BCUT2D eigenvalue weighted by Crippen LogP contribution is 2.25. The molecule has 4 rings (SSSR count). The van der Waals surface area contributed by atoms with Crippen molar-refractivity contribution in [2.45, 2.75) is 25.4 Å². The van der Waals surface area contributed by atoms with Crippen LogP contribution in [0.3, 0.4) is 0 Å². The fourth-order valence-corrected chi connectivity index (χ4v) is 4.08. The molecule has 0 saturated carbocycles. The van der Waals surface area contributed by atoms with Crippen molar-refractivity contribution in [1.29, 1.82) is 0 Å². The van der Waals surface area contributed by atoms with Crippen molar-refractivity contribution in [3.8, 4) is 0 Å². The Bertz CT molecular complexity index is 1080. The van der Waals surface area contributed by atoms with Gasteiger partial charge in [0, 0.05) is 34.5 Å². The zero-order valence-corrected chi connectivity index (χ0v) is 16.5. The number of pyridine rings is 1. The summed E-state index contributed by atoms with van der Waals surface area (Å²) in [5.74, 6) is -0.117. The molecule has 0 aliphatic carbocycles. The number of carbonyl (C=O) groups excluding carboxylic acids is 1. The number of anilines is 1. The zero-order valence-electron chi connectivity index (χ0n) is 14.9. The second-order valence-electron chi connectivity index (χ2n) is 6.79. The second kappa shape index (κ2) is 7.91. The summed E-state index contributed by atoms with van der Waals surface area (Å²) < 4.78 is 1.50. The Labute approximate surface area is 171 Å². The molecule has 1 amide bonds. The van der Waals surface area contributed by atoms with Gasteiger partial charge in [-0.3, -0.25) is 18.9 Å². The first-order chi connectivity index (χ1) is 13.5. The summed E-state index contributed by atoms with van der Waals surface area (Å²) in [7, 11) is 0. The number of likely N-dealkylation sites (tertiary alicyclic amines) is 1. The van der Waals surface area contributed by atoms with E-state index >= 15 is 0 Å². The van der Waals surface area contributed by atoms with Crippen LogP contribution in [-0.4, -0.2) is 32.8 Å². The summed E-state index contributed by atoms with van der Waals surface area (Å²) in [6, 6.07) is 11.6. The molecule has 1 atom stereocenters. The Kier molecular flexibility index (Phi) is 5.35. The molecule has 2 aromatic heterocycles. The molecule has 1 saturated heterocycles. The van der Waals surface area contributed by atoms with Crippen LogP contribution in [0.25, 0.3) is 5.65 Å². The lowest BCUT2D eigenvalue weighted by molar-refractivity contribution is -0.120. The van der Waals surface area contributed by atoms with Crippen LogP contribution in [0, 0.1) is 0 Å². The molecule has 1 fully saturated rings. The Balaban J connectivity index is 1.52. The molecular formula is C20H18Cl2N4O2. The van der Waals surface area contributed by atoms with E-state index in [1.165, 1.54) is 10.5 Å². The molecule has 0 bridgehead atoms. The van der Waals surface area contributed by atoms with E-state index in [1.54, 1.807) is 36.5 Å². The van der Waals surface area contributed by atoms with Crippen LogP contribution in [0.2, 0.25) is 10.0 Å². The lowest BCUT2D eigenvalue weighted by Crippen LogP contribution is -2.39. The number of benzene rings is 1. The Morgan fingerprint density at radius 2 is 1.96 bits per heavy atom. The van der Waals surface area contributed by atoms with Crippen molar-refractivity contribution in [3.05, 3.63) is 74.8 Å². The molecule has 6 nitrogen and oxygen atoms in total. The van der Waals surface area contributed by atoms with Crippen molar-refractivity contribution in [3.63, 3.8) is 0 Å². The normalized spacial score (nSPS) is 17.1. The van der Waals surface area contributed by atoms with Gasteiger partial charge in [-0.1, -0.05) is 29.3 Å². The first-order valence-corrected chi connectivity index (χ1v) is 9.73. The summed E-state index contributed by atoms with van der Waals surface area (Å²) in [6.07, 6.45) is 3.34. The van der Waals surface area contributed by atoms with Crippen LogP contribution >= 0.6 is 23.2 Å². The van der Waals surface area contributed by atoms with E-state index in [0.29, 0.717) is 33.6 Å². The van der Waals surface area contributed by atoms with Gasteiger partial charge in [0.2, 0.25) is 5.91 Å². The van der Waals surface area contributed by atoms with Gasteiger partial charge in [0.25, 0.3) is 5.56 Å². The average molecular weight is 417 g/mol. The first kappa shape index (κ1) is 18.9. The molecule has 1 aliphatic heterocycles. The second-order valence-corrected chi connectivity index (χ2v) is 7.66. The Hall–Kier alpha value is -2.41. The number of nitrogens with one attached hydrogen (secondary N) is 1. The number of aromatic nitrogens is 2. The molecule has 1 aromatic carbocycles. The first-order valence-electron chi connectivity index (χ1n) is 8.98. The molecule has 0 unspecified atom stereocenters. The molecule has 28 heavy (non-hydrogen) atoms. The predicted molar refractivity (Wildman–Crippen MR) is 110 cm³/mol. The smallest absolute Gasteiger partial charge is 0.258 e. The van der Waals surface area contributed by atoms with Gasteiger partial charge in [0.1, 0.15) is 5.65 Å². The SMILES string of the molecule is O=C(Nc1cc(Cl)cc(Cl)c1)[C@@H]1CCCN1Cc1cc(=O)n2ccccc2n1. The summed E-state index contributed by atoms with van der Waals surface area (Å²) in [4.78, 5) is 31.7. The molecule has 1 aliphatic rings. The van der Waals surface area contributed by atoms with Crippen LogP contribution in [0.4, 0.5) is 5.69 Å². The largest absolute Gasteiger partial charge is 0.325 e. The molecule has 3 aromatic rings. The van der Waals surface area contributed by atoms with Crippen molar-refractivity contribution in [1.82, 2.24) is 14.3 Å². The van der Waals surface area contributed by atoms with Crippen molar-refractivity contribution < 1.29 is 4.79 Å². The van der Waals surface area contributed by atoms with Gasteiger partial charge >= 0.3 is 0 Å². The van der Waals surface area contributed by atoms with Gasteiger partial charge in [-0.05, 0) is 49.7 Å². The zero-order chi connectivity index (χ0) is 19.7. The van der Waals surface area contributed by atoms with Gasteiger partial charge < -0.3 is 5.32 Å². The van der Waals surface area contributed by atoms with Gasteiger partial charge in [0.15, 0.2) is 0 Å². The van der Waals surface area contributed by atoms with Gasteiger partial charge in [-0.2, -0.15) is 0 Å². The van der Waals surface area contributed by atoms with E-state index < -0.39 is 0 Å². The molecule has 1 N–H and O–H groups in total. The van der Waals surface area contributed by atoms with E-state index in [0.717, 1.165) is 19.4 Å². The van der Waals surface area contributed by atoms with E-state index in [-0.39, 0.29) is 17.5 Å². The number of fused-ring (bicyclic) bond motifs is 1. The Morgan fingerprint density at radius 1 is 1.18 bits per heavy atom. The monoisotopic (exact) mass is 416 g/mol. The average Bonchev–Trinajstić information content (AvgIpc) is 3.09. The van der Waals surface area contributed by atoms with Gasteiger partial charge in [-0.25, -0.2) is 4.98 Å². The minimum absolute atomic E-state index is 0.117. The summed E-state index contributed by atoms with van der Waals surface area (Å²) >= 11 is 12.0. The van der Waals surface area contributed by atoms with E-state index in [2.05, 4.69) is 10.3 Å². The van der Waals surface area contributed by atoms with Crippen molar-refractivity contribution in [2.75, 3.05) is 11.9 Å². The van der Waals surface area contributed by atoms with Gasteiger partial charge in [-0.15, -0.1) is 0 Å². The van der Waals surface area contributed by atoms with E-state index in [1.807, 2.05) is 11.0 Å². The molecule has 3 heterocycles. The maximum Gasteiger partial charge on any atom is 0.258 e. The summed E-state index contributed by atoms with van der Waals surface area (Å²) in [6.45, 7) is 1.21. The minimum Gasteiger partial charge on any atom is -0.325 e. The number of carbonyl (C=O) groups is 1. The van der Waals surface area contributed by atoms with Crippen LogP contribution in [0.5, 0.6) is 0 Å².